The molecule has 1 aromatic heterocycles. The van der Waals surface area contributed by atoms with Crippen LogP contribution in [0, 0.1) is 0 Å². The SMILES string of the molecule is CCNC1CCN(c2ncnc3c2CCC3)CC1. The average molecular weight is 246 g/mol. The van der Waals surface area contributed by atoms with Crippen molar-refractivity contribution in [2.45, 2.75) is 45.1 Å². The van der Waals surface area contributed by atoms with Crippen molar-refractivity contribution >= 4 is 5.82 Å². The van der Waals surface area contributed by atoms with Gasteiger partial charge in [-0.1, -0.05) is 6.92 Å². The van der Waals surface area contributed by atoms with Gasteiger partial charge in [-0.15, -0.1) is 0 Å². The number of aryl methyl sites for hydroxylation is 1. The van der Waals surface area contributed by atoms with Crippen molar-refractivity contribution in [3.63, 3.8) is 0 Å². The van der Waals surface area contributed by atoms with Crippen LogP contribution >= 0.6 is 0 Å². The molecular formula is C14H22N4. The van der Waals surface area contributed by atoms with Crippen LogP contribution in [-0.4, -0.2) is 35.6 Å². The molecule has 1 fully saturated rings. The Kier molecular flexibility index (Phi) is 3.46. The minimum Gasteiger partial charge on any atom is -0.356 e. The molecule has 18 heavy (non-hydrogen) atoms. The van der Waals surface area contributed by atoms with E-state index in [1.165, 1.54) is 42.8 Å². The molecule has 3 rings (SSSR count). The van der Waals surface area contributed by atoms with Crippen molar-refractivity contribution < 1.29 is 0 Å². The molecule has 0 amide bonds. The lowest BCUT2D eigenvalue weighted by Gasteiger charge is -2.34. The van der Waals surface area contributed by atoms with E-state index in [2.05, 4.69) is 27.1 Å². The van der Waals surface area contributed by atoms with E-state index >= 15 is 0 Å². The highest BCUT2D eigenvalue weighted by molar-refractivity contribution is 5.50. The normalized spacial score (nSPS) is 20.2. The predicted octanol–water partition coefficient (Wildman–Crippen LogP) is 1.54. The summed E-state index contributed by atoms with van der Waals surface area (Å²) in [6, 6.07) is 0.695. The zero-order valence-electron chi connectivity index (χ0n) is 11.2. The maximum Gasteiger partial charge on any atom is 0.135 e. The predicted molar refractivity (Wildman–Crippen MR) is 73.0 cm³/mol. The van der Waals surface area contributed by atoms with Gasteiger partial charge in [0.15, 0.2) is 0 Å². The van der Waals surface area contributed by atoms with E-state index in [0.29, 0.717) is 6.04 Å². The topological polar surface area (TPSA) is 41.0 Å². The average Bonchev–Trinajstić information content (AvgIpc) is 2.88. The van der Waals surface area contributed by atoms with Crippen LogP contribution in [0.5, 0.6) is 0 Å². The minimum absolute atomic E-state index is 0.695. The lowest BCUT2D eigenvalue weighted by Crippen LogP contribution is -2.43. The number of nitrogens with one attached hydrogen (secondary N) is 1. The Bertz CT molecular complexity index is 410. The first kappa shape index (κ1) is 11.9. The van der Waals surface area contributed by atoms with E-state index in [4.69, 9.17) is 0 Å². The number of nitrogens with zero attached hydrogens (tertiary/aromatic N) is 3. The molecule has 98 valence electrons. The summed E-state index contributed by atoms with van der Waals surface area (Å²) in [5.41, 5.74) is 2.70. The van der Waals surface area contributed by atoms with Crippen molar-refractivity contribution in [2.24, 2.45) is 0 Å². The van der Waals surface area contributed by atoms with E-state index in [1.54, 1.807) is 6.33 Å². The summed E-state index contributed by atoms with van der Waals surface area (Å²) in [7, 11) is 0. The van der Waals surface area contributed by atoms with E-state index in [-0.39, 0.29) is 0 Å². The first-order valence-electron chi connectivity index (χ1n) is 7.19. The molecule has 0 unspecified atom stereocenters. The summed E-state index contributed by atoms with van der Waals surface area (Å²) < 4.78 is 0. The molecule has 1 aromatic rings. The molecule has 1 aliphatic carbocycles. The fourth-order valence-corrected chi connectivity index (χ4v) is 3.20. The molecule has 4 nitrogen and oxygen atoms in total. The van der Waals surface area contributed by atoms with Crippen molar-refractivity contribution in [1.29, 1.82) is 0 Å². The van der Waals surface area contributed by atoms with Crippen LogP contribution in [0.4, 0.5) is 5.82 Å². The summed E-state index contributed by atoms with van der Waals surface area (Å²) in [6.45, 7) is 5.51. The van der Waals surface area contributed by atoms with Crippen molar-refractivity contribution in [1.82, 2.24) is 15.3 Å². The summed E-state index contributed by atoms with van der Waals surface area (Å²) in [4.78, 5) is 11.4. The molecule has 2 aliphatic rings. The molecule has 4 heteroatoms. The van der Waals surface area contributed by atoms with E-state index < -0.39 is 0 Å². The van der Waals surface area contributed by atoms with Gasteiger partial charge in [0.2, 0.25) is 0 Å². The third-order valence-electron chi connectivity index (χ3n) is 4.14. The third kappa shape index (κ3) is 2.21. The lowest BCUT2D eigenvalue weighted by molar-refractivity contribution is 0.422. The quantitative estimate of drug-likeness (QED) is 0.878. The summed E-state index contributed by atoms with van der Waals surface area (Å²) in [5.74, 6) is 1.22. The number of hydrogen-bond donors (Lipinski definition) is 1. The van der Waals surface area contributed by atoms with Crippen molar-refractivity contribution in [2.75, 3.05) is 24.5 Å². The number of rotatable bonds is 3. The van der Waals surface area contributed by atoms with Gasteiger partial charge in [-0.3, -0.25) is 0 Å². The maximum atomic E-state index is 4.54. The van der Waals surface area contributed by atoms with Crippen LogP contribution in [0.25, 0.3) is 0 Å². The number of aromatic nitrogens is 2. The Labute approximate surface area is 109 Å². The van der Waals surface area contributed by atoms with Crippen LogP contribution in [-0.2, 0) is 12.8 Å². The second-order valence-corrected chi connectivity index (χ2v) is 5.30. The van der Waals surface area contributed by atoms with Gasteiger partial charge in [-0.25, -0.2) is 9.97 Å². The monoisotopic (exact) mass is 246 g/mol. The lowest BCUT2D eigenvalue weighted by atomic mass is 10.0. The highest BCUT2D eigenvalue weighted by Crippen LogP contribution is 2.29. The summed E-state index contributed by atoms with van der Waals surface area (Å²) >= 11 is 0. The molecule has 0 saturated carbocycles. The highest BCUT2D eigenvalue weighted by atomic mass is 15.2. The van der Waals surface area contributed by atoms with Gasteiger partial charge in [-0.2, -0.15) is 0 Å². The smallest absolute Gasteiger partial charge is 0.135 e. The largest absolute Gasteiger partial charge is 0.356 e. The van der Waals surface area contributed by atoms with E-state index in [0.717, 1.165) is 26.1 Å². The van der Waals surface area contributed by atoms with Crippen LogP contribution in [0.15, 0.2) is 6.33 Å². The summed E-state index contributed by atoms with van der Waals surface area (Å²) in [6.07, 6.45) is 7.75. The Hall–Kier alpha value is -1.16. The Morgan fingerprint density at radius 3 is 2.89 bits per heavy atom. The Balaban J connectivity index is 1.71. The van der Waals surface area contributed by atoms with Crippen molar-refractivity contribution in [3.05, 3.63) is 17.6 Å². The first-order chi connectivity index (χ1) is 8.88. The van der Waals surface area contributed by atoms with Crippen LogP contribution in [0.1, 0.15) is 37.4 Å². The van der Waals surface area contributed by atoms with E-state index in [9.17, 15) is 0 Å². The zero-order chi connectivity index (χ0) is 12.4. The number of hydrogen-bond acceptors (Lipinski definition) is 4. The van der Waals surface area contributed by atoms with Gasteiger partial charge in [0.1, 0.15) is 12.1 Å². The molecule has 0 spiro atoms. The molecule has 2 heterocycles. The van der Waals surface area contributed by atoms with Gasteiger partial charge in [0, 0.05) is 30.4 Å². The fraction of sp³-hybridized carbons (Fsp3) is 0.714. The highest BCUT2D eigenvalue weighted by Gasteiger charge is 2.24. The molecule has 0 bridgehead atoms. The number of anilines is 1. The molecule has 0 aromatic carbocycles. The maximum absolute atomic E-state index is 4.54. The molecule has 1 saturated heterocycles. The second kappa shape index (κ2) is 5.22. The van der Waals surface area contributed by atoms with Gasteiger partial charge < -0.3 is 10.2 Å². The van der Waals surface area contributed by atoms with Gasteiger partial charge in [-0.05, 0) is 38.6 Å². The standard InChI is InChI=1S/C14H22N4/c1-2-15-11-6-8-18(9-7-11)14-12-4-3-5-13(12)16-10-17-14/h10-11,15H,2-9H2,1H3. The summed E-state index contributed by atoms with van der Waals surface area (Å²) in [5, 5.41) is 3.55. The van der Waals surface area contributed by atoms with Gasteiger partial charge in [0.05, 0.1) is 0 Å². The van der Waals surface area contributed by atoms with Gasteiger partial charge >= 0.3 is 0 Å². The van der Waals surface area contributed by atoms with Crippen molar-refractivity contribution in [3.8, 4) is 0 Å². The molecule has 1 N–H and O–H groups in total. The zero-order valence-corrected chi connectivity index (χ0v) is 11.2. The Morgan fingerprint density at radius 1 is 1.28 bits per heavy atom. The Morgan fingerprint density at radius 2 is 2.11 bits per heavy atom. The van der Waals surface area contributed by atoms with Crippen LogP contribution in [0.2, 0.25) is 0 Å². The molecule has 0 radical (unpaired) electrons. The van der Waals surface area contributed by atoms with E-state index in [1.807, 2.05) is 0 Å². The molecule has 1 aliphatic heterocycles. The first-order valence-corrected chi connectivity index (χ1v) is 7.19. The fourth-order valence-electron chi connectivity index (χ4n) is 3.20. The number of piperidine rings is 1. The van der Waals surface area contributed by atoms with Crippen LogP contribution < -0.4 is 10.2 Å². The number of fused-ring (bicyclic) bond motifs is 1. The third-order valence-corrected chi connectivity index (χ3v) is 4.14. The molecule has 0 atom stereocenters. The second-order valence-electron chi connectivity index (χ2n) is 5.30. The van der Waals surface area contributed by atoms with Gasteiger partial charge in [0.25, 0.3) is 0 Å². The molecular weight excluding hydrogens is 224 g/mol. The van der Waals surface area contributed by atoms with Crippen LogP contribution in [0.3, 0.4) is 0 Å². The minimum atomic E-state index is 0.695.